The number of allylic oxidation sites excluding steroid dienone is 1. The van der Waals surface area contributed by atoms with Crippen molar-refractivity contribution >= 4 is 44.7 Å². The fourth-order valence-corrected chi connectivity index (χ4v) is 8.44. The van der Waals surface area contributed by atoms with Crippen molar-refractivity contribution in [2.24, 2.45) is 5.92 Å². The Morgan fingerprint density at radius 2 is 1.93 bits per heavy atom. The molecule has 4 aliphatic rings. The molecule has 0 radical (unpaired) electrons. The average Bonchev–Trinajstić information content (AvgIpc) is 4.03. The van der Waals surface area contributed by atoms with E-state index in [0.717, 1.165) is 12.8 Å². The Kier molecular flexibility index (Phi) is 10.1. The number of carbonyl (C=O) groups excluding carboxylic acids is 4. The van der Waals surface area contributed by atoms with Crippen LogP contribution in [0.5, 0.6) is 5.88 Å². The van der Waals surface area contributed by atoms with E-state index in [4.69, 9.17) is 4.74 Å². The predicted octanol–water partition coefficient (Wildman–Crippen LogP) is 2.66. The first-order chi connectivity index (χ1) is 25.8. The van der Waals surface area contributed by atoms with Crippen molar-refractivity contribution < 1.29 is 36.7 Å². The van der Waals surface area contributed by atoms with Gasteiger partial charge >= 0.3 is 0 Å². The molecule has 2 aliphatic heterocycles. The first-order valence-electron chi connectivity index (χ1n) is 18.4. The summed E-state index contributed by atoms with van der Waals surface area (Å²) in [7, 11) is -4.01. The van der Waals surface area contributed by atoms with Gasteiger partial charge in [-0.05, 0) is 64.0 Å². The second-order valence-corrected chi connectivity index (χ2v) is 17.0. The molecular weight excluding hydrogens is 720 g/mol. The van der Waals surface area contributed by atoms with Crippen molar-refractivity contribution in [3.05, 3.63) is 66.1 Å². The van der Waals surface area contributed by atoms with Gasteiger partial charge in [-0.2, -0.15) is 0 Å². The molecular formula is C37H43FN8O7S. The molecule has 54 heavy (non-hydrogen) atoms. The number of fused-ring (bicyclic) bond motifs is 3. The zero-order valence-electron chi connectivity index (χ0n) is 30.1. The molecule has 7 rings (SSSR count). The third kappa shape index (κ3) is 7.50. The molecule has 3 fully saturated rings. The van der Waals surface area contributed by atoms with Gasteiger partial charge in [0.25, 0.3) is 11.8 Å². The van der Waals surface area contributed by atoms with Crippen LogP contribution in [0.1, 0.15) is 87.8 Å². The number of hydrogen-bond acceptors (Lipinski definition) is 11. The topological polar surface area (TPSA) is 203 Å². The second kappa shape index (κ2) is 14.6. The molecule has 17 heteroatoms. The van der Waals surface area contributed by atoms with Crippen LogP contribution in [0.15, 0.2) is 48.9 Å². The zero-order valence-corrected chi connectivity index (χ0v) is 30.9. The smallest absolute Gasteiger partial charge is 0.272 e. The Labute approximate surface area is 312 Å². The molecule has 0 spiro atoms. The van der Waals surface area contributed by atoms with Crippen molar-refractivity contribution in [1.29, 1.82) is 0 Å². The lowest BCUT2D eigenvalue weighted by Crippen LogP contribution is -2.58. The molecule has 4 amide bonds. The standard InChI is InChI=1S/C37H43FN8O7S/c1-3-25-33(43-28-17-23(38)11-12-26(28)41-25)53-24-18-30-32(48)44-37(35(50)45-54(51,52)36(2)13-14-36)19-22(37)9-7-5-4-6-8-10-27(34(49)46(30)21-24)42-31(47)29-20-39-15-16-40-29/h7,9,11-12,15-17,20,22,24,27,30H,3-6,8,10,13-14,18-19,21H2,1-2H3,(H,42,47)(H,44,48)(H,45,50)/b9-7-/t22-,24-,27+,30+,37-/m1/s1. The number of rotatable bonds is 8. The van der Waals surface area contributed by atoms with Crippen molar-refractivity contribution in [3.63, 3.8) is 0 Å². The monoisotopic (exact) mass is 762 g/mol. The number of nitrogens with zero attached hydrogens (tertiary/aromatic N) is 5. The summed E-state index contributed by atoms with van der Waals surface area (Å²) in [4.78, 5) is 74.5. The molecule has 0 unspecified atom stereocenters. The number of carbonyl (C=O) groups is 4. The van der Waals surface area contributed by atoms with Crippen molar-refractivity contribution in [1.82, 2.24) is 40.2 Å². The third-order valence-corrected chi connectivity index (χ3v) is 13.0. The van der Waals surface area contributed by atoms with Gasteiger partial charge in [0.05, 0.1) is 28.5 Å². The summed E-state index contributed by atoms with van der Waals surface area (Å²) in [6, 6.07) is 1.83. The maximum Gasteiger partial charge on any atom is 0.272 e. The van der Waals surface area contributed by atoms with Crippen LogP contribution in [0.3, 0.4) is 0 Å². The van der Waals surface area contributed by atoms with Crippen LogP contribution in [0.25, 0.3) is 11.0 Å². The molecule has 286 valence electrons. The van der Waals surface area contributed by atoms with Crippen LogP contribution >= 0.6 is 0 Å². The van der Waals surface area contributed by atoms with Gasteiger partial charge in [0.1, 0.15) is 40.9 Å². The largest absolute Gasteiger partial charge is 0.471 e. The van der Waals surface area contributed by atoms with E-state index in [9.17, 15) is 32.0 Å². The van der Waals surface area contributed by atoms with Crippen LogP contribution < -0.4 is 20.1 Å². The molecule has 1 saturated heterocycles. The minimum Gasteiger partial charge on any atom is -0.471 e. The molecule has 4 heterocycles. The summed E-state index contributed by atoms with van der Waals surface area (Å²) in [5.74, 6) is -3.48. The number of aryl methyl sites for hydroxylation is 1. The summed E-state index contributed by atoms with van der Waals surface area (Å²) >= 11 is 0. The Balaban J connectivity index is 1.21. The highest BCUT2D eigenvalue weighted by Crippen LogP contribution is 2.47. The lowest BCUT2D eigenvalue weighted by molar-refractivity contribution is -0.141. The lowest BCUT2D eigenvalue weighted by atomic mass is 10.0. The fraction of sp³-hybridized carbons (Fsp3) is 0.514. The number of benzene rings is 1. The molecule has 5 atom stereocenters. The van der Waals surface area contributed by atoms with E-state index in [1.165, 1.54) is 41.7 Å². The van der Waals surface area contributed by atoms with Gasteiger partial charge in [0, 0.05) is 30.8 Å². The Morgan fingerprint density at radius 3 is 2.67 bits per heavy atom. The predicted molar refractivity (Wildman–Crippen MR) is 193 cm³/mol. The lowest BCUT2D eigenvalue weighted by Gasteiger charge is -2.30. The van der Waals surface area contributed by atoms with Crippen LogP contribution in [0.4, 0.5) is 4.39 Å². The number of aromatic nitrogens is 4. The highest BCUT2D eigenvalue weighted by Gasteiger charge is 2.63. The van der Waals surface area contributed by atoms with Gasteiger partial charge in [0.15, 0.2) is 0 Å². The van der Waals surface area contributed by atoms with Gasteiger partial charge in [-0.1, -0.05) is 31.9 Å². The van der Waals surface area contributed by atoms with E-state index in [0.29, 0.717) is 43.3 Å². The zero-order chi connectivity index (χ0) is 38.3. The maximum absolute atomic E-state index is 14.5. The van der Waals surface area contributed by atoms with Crippen LogP contribution in [-0.4, -0.2) is 91.9 Å². The van der Waals surface area contributed by atoms with Crippen molar-refractivity contribution in [2.45, 2.75) is 107 Å². The molecule has 1 aromatic carbocycles. The highest BCUT2D eigenvalue weighted by atomic mass is 32.2. The molecule has 3 N–H and O–H groups in total. The van der Waals surface area contributed by atoms with Crippen molar-refractivity contribution in [3.8, 4) is 5.88 Å². The minimum atomic E-state index is -4.01. The molecule has 2 saturated carbocycles. The summed E-state index contributed by atoms with van der Waals surface area (Å²) in [5, 5.41) is 5.64. The fourth-order valence-electron chi connectivity index (χ4n) is 7.13. The number of sulfonamides is 1. The van der Waals surface area contributed by atoms with Crippen LogP contribution in [-0.2, 0) is 30.8 Å². The maximum atomic E-state index is 14.5. The molecule has 0 bridgehead atoms. The van der Waals surface area contributed by atoms with Gasteiger partial charge < -0.3 is 20.3 Å². The molecule has 15 nitrogen and oxygen atoms in total. The summed E-state index contributed by atoms with van der Waals surface area (Å²) in [6.07, 6.45) is 11.5. The summed E-state index contributed by atoms with van der Waals surface area (Å²) in [5.41, 5.74) is -0.291. The number of nitrogens with one attached hydrogen (secondary N) is 3. The van der Waals surface area contributed by atoms with Crippen molar-refractivity contribution in [2.75, 3.05) is 6.54 Å². The van der Waals surface area contributed by atoms with Gasteiger partial charge in [0.2, 0.25) is 27.7 Å². The van der Waals surface area contributed by atoms with Gasteiger partial charge in [-0.15, -0.1) is 0 Å². The molecule has 2 aliphatic carbocycles. The number of hydrogen-bond donors (Lipinski definition) is 3. The van der Waals surface area contributed by atoms with E-state index in [-0.39, 0.29) is 42.9 Å². The SMILES string of the molecule is CCc1nc2ccc(F)cc2nc1O[C@@H]1C[C@H]2C(=O)N[C@]3(C(=O)NS(=O)(=O)C4(C)CC4)C[C@H]3/C=C\CCCCC[C@H](NC(=O)c3cnccn3)C(=O)N2C1. The first kappa shape index (κ1) is 37.3. The van der Waals surface area contributed by atoms with Gasteiger partial charge in [-0.25, -0.2) is 27.8 Å². The average molecular weight is 763 g/mol. The highest BCUT2D eigenvalue weighted by molar-refractivity contribution is 7.91. The number of ether oxygens (including phenoxy) is 1. The van der Waals surface area contributed by atoms with Gasteiger partial charge in [-0.3, -0.25) is 28.9 Å². The van der Waals surface area contributed by atoms with E-state index in [1.54, 1.807) is 6.92 Å². The first-order valence-corrected chi connectivity index (χ1v) is 19.9. The Morgan fingerprint density at radius 1 is 1.11 bits per heavy atom. The number of amides is 4. The van der Waals surface area contributed by atoms with Crippen LogP contribution in [0, 0.1) is 11.7 Å². The Hall–Kier alpha value is -5.06. The summed E-state index contributed by atoms with van der Waals surface area (Å²) < 4.78 is 47.9. The third-order valence-electron chi connectivity index (χ3n) is 10.9. The quantitative estimate of drug-likeness (QED) is 0.285. The van der Waals surface area contributed by atoms with E-state index in [2.05, 4.69) is 35.3 Å². The van der Waals surface area contributed by atoms with E-state index >= 15 is 0 Å². The molecule has 2 aromatic heterocycles. The molecule has 3 aromatic rings. The number of halogens is 1. The second-order valence-electron chi connectivity index (χ2n) is 14.8. The van der Waals surface area contributed by atoms with E-state index in [1.807, 2.05) is 19.1 Å². The minimum absolute atomic E-state index is 0.0180. The Bertz CT molecular complexity index is 2120. The van der Waals surface area contributed by atoms with E-state index < -0.39 is 73.9 Å². The normalized spacial score (nSPS) is 27.4. The summed E-state index contributed by atoms with van der Waals surface area (Å²) in [6.45, 7) is 3.35. The van der Waals surface area contributed by atoms with Crippen LogP contribution in [0.2, 0.25) is 0 Å².